The third-order valence-corrected chi connectivity index (χ3v) is 2.68. The molecule has 7 N–H and O–H groups in total. The van der Waals surface area contributed by atoms with Crippen LogP contribution in [0.15, 0.2) is 36.4 Å². The van der Waals surface area contributed by atoms with Gasteiger partial charge in [-0.1, -0.05) is 0 Å². The van der Waals surface area contributed by atoms with Crippen molar-refractivity contribution in [3.63, 3.8) is 0 Å². The highest BCUT2D eigenvalue weighted by atomic mass is 16.5. The summed E-state index contributed by atoms with van der Waals surface area (Å²) in [5, 5.41) is 21.1. The van der Waals surface area contributed by atoms with Gasteiger partial charge >= 0.3 is 0 Å². The van der Waals surface area contributed by atoms with Gasteiger partial charge < -0.3 is 31.7 Å². The molecule has 2 aromatic carbocycles. The van der Waals surface area contributed by atoms with Crippen LogP contribution >= 0.6 is 0 Å². The predicted molar refractivity (Wildman–Crippen MR) is 79.2 cm³/mol. The molecule has 0 fully saturated rings. The monoisotopic (exact) mass is 275 g/mol. The molecule has 2 aromatic rings. The predicted octanol–water partition coefficient (Wildman–Crippen LogP) is 1.67. The summed E-state index contributed by atoms with van der Waals surface area (Å²) in [6, 6.07) is 9.85. The van der Waals surface area contributed by atoms with Crippen LogP contribution < -0.4 is 21.5 Å². The lowest BCUT2D eigenvalue weighted by atomic mass is 10.2. The van der Waals surface area contributed by atoms with Gasteiger partial charge in [-0.25, -0.2) is 0 Å². The van der Waals surface area contributed by atoms with Crippen molar-refractivity contribution < 1.29 is 14.9 Å². The normalized spacial score (nSPS) is 10.2. The van der Waals surface area contributed by atoms with Gasteiger partial charge in [-0.3, -0.25) is 0 Å². The molecular weight excluding hydrogens is 258 g/mol. The molecule has 0 aliphatic carbocycles. The van der Waals surface area contributed by atoms with E-state index >= 15 is 0 Å². The summed E-state index contributed by atoms with van der Waals surface area (Å²) >= 11 is 0. The Balaban J connectivity index is 2.24. The van der Waals surface area contributed by atoms with E-state index in [9.17, 15) is 5.11 Å². The Labute approximate surface area is 116 Å². The van der Waals surface area contributed by atoms with Crippen molar-refractivity contribution in [2.75, 3.05) is 30.0 Å². The molecule has 0 heterocycles. The number of rotatable bonds is 5. The molecule has 0 unspecified atom stereocenters. The molecule has 0 aliphatic heterocycles. The highest BCUT2D eigenvalue weighted by Crippen LogP contribution is 2.33. The van der Waals surface area contributed by atoms with Gasteiger partial charge in [0.1, 0.15) is 18.1 Å². The molecule has 106 valence electrons. The number of nitrogens with two attached hydrogens (primary N) is 2. The van der Waals surface area contributed by atoms with Crippen molar-refractivity contribution in [1.82, 2.24) is 0 Å². The quantitative estimate of drug-likeness (QED) is 0.419. The first-order valence-electron chi connectivity index (χ1n) is 6.09. The number of anilines is 4. The first-order valence-corrected chi connectivity index (χ1v) is 6.09. The van der Waals surface area contributed by atoms with Crippen molar-refractivity contribution in [3.8, 4) is 11.5 Å². The molecule has 6 heteroatoms. The number of aliphatic hydroxyl groups is 1. The molecule has 0 amide bonds. The van der Waals surface area contributed by atoms with E-state index in [4.69, 9.17) is 21.3 Å². The Morgan fingerprint density at radius 3 is 2.40 bits per heavy atom. The van der Waals surface area contributed by atoms with Crippen LogP contribution in [-0.2, 0) is 0 Å². The molecule has 0 saturated heterocycles. The molecule has 0 aliphatic rings. The summed E-state index contributed by atoms with van der Waals surface area (Å²) in [5.74, 6) is 0.641. The third-order valence-electron chi connectivity index (χ3n) is 2.68. The lowest BCUT2D eigenvalue weighted by Crippen LogP contribution is -2.05. The van der Waals surface area contributed by atoms with Gasteiger partial charge in [0.25, 0.3) is 0 Å². The smallest absolute Gasteiger partial charge is 0.144 e. The van der Waals surface area contributed by atoms with Crippen molar-refractivity contribution in [2.45, 2.75) is 0 Å². The fourth-order valence-corrected chi connectivity index (χ4v) is 1.70. The Kier molecular flexibility index (Phi) is 4.17. The maximum Gasteiger partial charge on any atom is 0.144 e. The van der Waals surface area contributed by atoms with Gasteiger partial charge in [0.2, 0.25) is 0 Å². The lowest BCUT2D eigenvalue weighted by Gasteiger charge is -2.14. The summed E-state index contributed by atoms with van der Waals surface area (Å²) < 4.78 is 5.33. The van der Waals surface area contributed by atoms with E-state index in [2.05, 4.69) is 5.32 Å². The molecule has 20 heavy (non-hydrogen) atoms. The minimum atomic E-state index is -0.0927. The van der Waals surface area contributed by atoms with Crippen molar-refractivity contribution >= 4 is 22.7 Å². The van der Waals surface area contributed by atoms with E-state index in [0.29, 0.717) is 22.8 Å². The molecule has 0 atom stereocenters. The number of nitrogen functional groups attached to an aromatic ring is 2. The van der Waals surface area contributed by atoms with E-state index in [0.717, 1.165) is 5.69 Å². The molecular formula is C14H17N3O3. The molecule has 0 aromatic heterocycles. The second-order valence-corrected chi connectivity index (χ2v) is 4.22. The van der Waals surface area contributed by atoms with E-state index in [-0.39, 0.29) is 19.0 Å². The number of hydrogen-bond acceptors (Lipinski definition) is 6. The fraction of sp³-hybridized carbons (Fsp3) is 0.143. The first-order chi connectivity index (χ1) is 9.60. The molecule has 0 saturated carbocycles. The second kappa shape index (κ2) is 6.03. The number of ether oxygens (including phenoxy) is 1. The summed E-state index contributed by atoms with van der Waals surface area (Å²) in [6.45, 7) is 0.0668. The number of phenolic OH excluding ortho intramolecular Hbond substituents is 1. The maximum absolute atomic E-state index is 9.24. The van der Waals surface area contributed by atoms with Crippen LogP contribution in [0.25, 0.3) is 0 Å². The van der Waals surface area contributed by atoms with Gasteiger partial charge in [-0.05, 0) is 30.3 Å². The standard InChI is InChI=1S/C14H17N3O3/c15-11-7-12(16)14(20-6-5-18)8-13(11)17-9-1-3-10(19)4-2-9/h1-4,7-8,17-19H,5-6,15-16H2. The Bertz CT molecular complexity index is 585. The van der Waals surface area contributed by atoms with Crippen molar-refractivity contribution in [1.29, 1.82) is 0 Å². The summed E-state index contributed by atoms with van der Waals surface area (Å²) in [4.78, 5) is 0. The van der Waals surface area contributed by atoms with Crippen LogP contribution in [0.2, 0.25) is 0 Å². The summed E-state index contributed by atoms with van der Waals surface area (Å²) in [7, 11) is 0. The van der Waals surface area contributed by atoms with Crippen molar-refractivity contribution in [3.05, 3.63) is 36.4 Å². The fourth-order valence-electron chi connectivity index (χ4n) is 1.70. The van der Waals surface area contributed by atoms with Crippen LogP contribution in [0.5, 0.6) is 11.5 Å². The summed E-state index contributed by atoms with van der Waals surface area (Å²) in [6.07, 6.45) is 0. The summed E-state index contributed by atoms with van der Waals surface area (Å²) in [5.41, 5.74) is 14.0. The zero-order chi connectivity index (χ0) is 14.5. The molecule has 0 radical (unpaired) electrons. The molecule has 2 rings (SSSR count). The minimum Gasteiger partial charge on any atom is -0.508 e. The second-order valence-electron chi connectivity index (χ2n) is 4.22. The average molecular weight is 275 g/mol. The van der Waals surface area contributed by atoms with Gasteiger partial charge in [0, 0.05) is 11.8 Å². The minimum absolute atomic E-state index is 0.0927. The zero-order valence-electron chi connectivity index (χ0n) is 10.8. The van der Waals surface area contributed by atoms with Crippen LogP contribution in [-0.4, -0.2) is 23.4 Å². The van der Waals surface area contributed by atoms with Gasteiger partial charge in [-0.15, -0.1) is 0 Å². The average Bonchev–Trinajstić information content (AvgIpc) is 2.43. The number of benzene rings is 2. The zero-order valence-corrected chi connectivity index (χ0v) is 10.8. The Morgan fingerprint density at radius 1 is 1.05 bits per heavy atom. The molecule has 6 nitrogen and oxygen atoms in total. The number of hydrogen-bond donors (Lipinski definition) is 5. The highest BCUT2D eigenvalue weighted by Gasteiger charge is 2.07. The van der Waals surface area contributed by atoms with Crippen molar-refractivity contribution in [2.24, 2.45) is 0 Å². The largest absolute Gasteiger partial charge is 0.508 e. The maximum atomic E-state index is 9.24. The number of nitrogens with one attached hydrogen (secondary N) is 1. The van der Waals surface area contributed by atoms with Gasteiger partial charge in [0.15, 0.2) is 0 Å². The van der Waals surface area contributed by atoms with E-state index in [1.807, 2.05) is 0 Å². The number of phenols is 1. The molecule has 0 spiro atoms. The van der Waals surface area contributed by atoms with Crippen LogP contribution in [0, 0.1) is 0 Å². The van der Waals surface area contributed by atoms with Crippen LogP contribution in [0.3, 0.4) is 0 Å². The van der Waals surface area contributed by atoms with Crippen LogP contribution in [0.1, 0.15) is 0 Å². The SMILES string of the molecule is Nc1cc(N)c(OCCO)cc1Nc1ccc(O)cc1. The van der Waals surface area contributed by atoms with E-state index in [1.54, 1.807) is 36.4 Å². The Hall–Kier alpha value is -2.60. The van der Waals surface area contributed by atoms with Gasteiger partial charge in [-0.2, -0.15) is 0 Å². The van der Waals surface area contributed by atoms with E-state index < -0.39 is 0 Å². The topological polar surface area (TPSA) is 114 Å². The third kappa shape index (κ3) is 3.24. The first kappa shape index (κ1) is 13.8. The lowest BCUT2D eigenvalue weighted by molar-refractivity contribution is 0.202. The highest BCUT2D eigenvalue weighted by molar-refractivity contribution is 5.79. The van der Waals surface area contributed by atoms with Gasteiger partial charge in [0.05, 0.1) is 23.7 Å². The number of aliphatic hydroxyl groups excluding tert-OH is 1. The molecule has 0 bridgehead atoms. The van der Waals surface area contributed by atoms with Crippen LogP contribution in [0.4, 0.5) is 22.7 Å². The Morgan fingerprint density at radius 2 is 1.75 bits per heavy atom. The number of aromatic hydroxyl groups is 1. The van der Waals surface area contributed by atoms with E-state index in [1.165, 1.54) is 0 Å².